The van der Waals surface area contributed by atoms with Gasteiger partial charge in [-0.15, -0.1) is 5.92 Å². The second-order valence-corrected chi connectivity index (χ2v) is 2.76. The minimum Gasteiger partial charge on any atom is -0.378 e. The summed E-state index contributed by atoms with van der Waals surface area (Å²) >= 11 is 0. The lowest BCUT2D eigenvalue weighted by Crippen LogP contribution is -2.20. The summed E-state index contributed by atoms with van der Waals surface area (Å²) in [5.74, 6) is 5.46. The third-order valence-corrected chi connectivity index (χ3v) is 1.43. The molecule has 0 aromatic carbocycles. The molecule has 0 aliphatic heterocycles. The summed E-state index contributed by atoms with van der Waals surface area (Å²) in [6.45, 7) is 5.46. The maximum Gasteiger partial charge on any atom is 0.123 e. The van der Waals surface area contributed by atoms with Crippen LogP contribution < -0.4 is 0 Å². The molecule has 0 amide bonds. The van der Waals surface area contributed by atoms with Crippen molar-refractivity contribution in [3.05, 3.63) is 12.2 Å². The van der Waals surface area contributed by atoms with Crippen LogP contribution in [0.25, 0.3) is 0 Å². The van der Waals surface area contributed by atoms with Crippen LogP contribution in [0.4, 0.5) is 0 Å². The van der Waals surface area contributed by atoms with E-state index in [2.05, 4.69) is 11.8 Å². The summed E-state index contributed by atoms with van der Waals surface area (Å²) in [6, 6.07) is 0. The molecule has 0 aliphatic carbocycles. The molecule has 0 spiro atoms. The molecule has 0 aromatic heterocycles. The van der Waals surface area contributed by atoms with Crippen molar-refractivity contribution in [1.29, 1.82) is 0 Å². The van der Waals surface area contributed by atoms with E-state index in [4.69, 9.17) is 0 Å². The van der Waals surface area contributed by atoms with Crippen molar-refractivity contribution in [1.82, 2.24) is 0 Å². The quantitative estimate of drug-likeness (QED) is 0.485. The molecule has 0 saturated heterocycles. The molecule has 1 atom stereocenters. The Morgan fingerprint density at radius 3 is 2.64 bits per heavy atom. The number of hydrogen-bond donors (Lipinski definition) is 1. The summed E-state index contributed by atoms with van der Waals surface area (Å²) in [5, 5.41) is 9.53. The monoisotopic (exact) mass is 152 g/mol. The lowest BCUT2D eigenvalue weighted by Gasteiger charge is -2.14. The zero-order valence-electron chi connectivity index (χ0n) is 7.52. The van der Waals surface area contributed by atoms with E-state index in [1.807, 2.05) is 19.1 Å². The molecule has 62 valence electrons. The van der Waals surface area contributed by atoms with Crippen molar-refractivity contribution in [2.24, 2.45) is 0 Å². The van der Waals surface area contributed by atoms with E-state index in [1.54, 1.807) is 13.8 Å². The van der Waals surface area contributed by atoms with Crippen LogP contribution in [0.1, 0.15) is 33.6 Å². The predicted molar refractivity (Wildman–Crippen MR) is 48.1 cm³/mol. The van der Waals surface area contributed by atoms with Gasteiger partial charge in [0.05, 0.1) is 0 Å². The zero-order valence-corrected chi connectivity index (χ0v) is 7.52. The Balaban J connectivity index is 3.79. The fraction of sp³-hybridized carbons (Fsp3) is 0.600. The van der Waals surface area contributed by atoms with Crippen LogP contribution in [-0.4, -0.2) is 10.7 Å². The lowest BCUT2D eigenvalue weighted by molar-refractivity contribution is 0.113. The van der Waals surface area contributed by atoms with Gasteiger partial charge in [0.1, 0.15) is 5.60 Å². The van der Waals surface area contributed by atoms with Crippen LogP contribution in [-0.2, 0) is 0 Å². The first-order chi connectivity index (χ1) is 5.12. The summed E-state index contributed by atoms with van der Waals surface area (Å²) < 4.78 is 0. The third-order valence-electron chi connectivity index (χ3n) is 1.43. The molecule has 1 unspecified atom stereocenters. The van der Waals surface area contributed by atoms with Gasteiger partial charge >= 0.3 is 0 Å². The lowest BCUT2D eigenvalue weighted by atomic mass is 10.0. The highest BCUT2D eigenvalue weighted by Gasteiger charge is 2.14. The molecule has 0 aromatic rings. The first-order valence-electron chi connectivity index (χ1n) is 3.90. The predicted octanol–water partition coefficient (Wildman–Crippen LogP) is 2.12. The van der Waals surface area contributed by atoms with Gasteiger partial charge in [-0.3, -0.25) is 0 Å². The maximum atomic E-state index is 9.53. The largest absolute Gasteiger partial charge is 0.378 e. The average Bonchev–Trinajstić information content (AvgIpc) is 1.87. The first kappa shape index (κ1) is 10.3. The van der Waals surface area contributed by atoms with Gasteiger partial charge in [-0.2, -0.15) is 0 Å². The summed E-state index contributed by atoms with van der Waals surface area (Å²) in [7, 11) is 0. The molecule has 0 saturated carbocycles. The molecular formula is C10H16O. The molecule has 1 N–H and O–H groups in total. The Hall–Kier alpha value is -0.740. The molecule has 1 nitrogen and oxygen atoms in total. The van der Waals surface area contributed by atoms with E-state index < -0.39 is 5.60 Å². The highest BCUT2D eigenvalue weighted by Crippen LogP contribution is 2.10. The zero-order chi connectivity index (χ0) is 8.74. The van der Waals surface area contributed by atoms with E-state index in [9.17, 15) is 5.11 Å². The van der Waals surface area contributed by atoms with Gasteiger partial charge < -0.3 is 5.11 Å². The highest BCUT2D eigenvalue weighted by atomic mass is 16.3. The molecule has 0 rings (SSSR count). The van der Waals surface area contributed by atoms with Crippen molar-refractivity contribution in [3.63, 3.8) is 0 Å². The van der Waals surface area contributed by atoms with E-state index in [0.29, 0.717) is 6.42 Å². The van der Waals surface area contributed by atoms with Crippen molar-refractivity contribution < 1.29 is 5.11 Å². The smallest absolute Gasteiger partial charge is 0.123 e. The molecule has 0 aliphatic rings. The maximum absolute atomic E-state index is 9.53. The van der Waals surface area contributed by atoms with Crippen molar-refractivity contribution in [2.45, 2.75) is 39.2 Å². The Morgan fingerprint density at radius 2 is 2.18 bits per heavy atom. The van der Waals surface area contributed by atoms with Gasteiger partial charge in [-0.1, -0.05) is 18.1 Å². The van der Waals surface area contributed by atoms with E-state index in [-0.39, 0.29) is 0 Å². The molecular weight excluding hydrogens is 136 g/mol. The van der Waals surface area contributed by atoms with Crippen LogP contribution in [0.15, 0.2) is 12.2 Å². The third kappa shape index (κ3) is 5.69. The Morgan fingerprint density at radius 1 is 1.55 bits per heavy atom. The second-order valence-electron chi connectivity index (χ2n) is 2.76. The average molecular weight is 152 g/mol. The first-order valence-corrected chi connectivity index (χ1v) is 3.90. The number of allylic oxidation sites excluding steroid dienone is 2. The minimum atomic E-state index is -0.811. The Bertz CT molecular complexity index is 179. The van der Waals surface area contributed by atoms with E-state index in [0.717, 1.165) is 6.42 Å². The molecule has 0 fully saturated rings. The van der Waals surface area contributed by atoms with Gasteiger partial charge in [0.15, 0.2) is 0 Å². The second kappa shape index (κ2) is 4.98. The normalized spacial score (nSPS) is 15.6. The summed E-state index contributed by atoms with van der Waals surface area (Å²) in [6.07, 6.45) is 5.61. The standard InChI is InChI=1S/C10H16O/c1-4-6-7-9-10(3,11)8-5-2/h4,6,11H,7,9H2,1-3H3/b6-4+. The number of hydrogen-bond acceptors (Lipinski definition) is 1. The SMILES string of the molecule is CC#CC(C)(O)CC/C=C/C. The Kier molecular flexibility index (Phi) is 4.65. The highest BCUT2D eigenvalue weighted by molar-refractivity contribution is 5.10. The van der Waals surface area contributed by atoms with Crippen LogP contribution in [0.2, 0.25) is 0 Å². The number of aliphatic hydroxyl groups is 1. The molecule has 0 bridgehead atoms. The van der Waals surface area contributed by atoms with Crippen molar-refractivity contribution in [2.75, 3.05) is 0 Å². The minimum absolute atomic E-state index is 0.707. The molecule has 11 heavy (non-hydrogen) atoms. The number of rotatable bonds is 3. The fourth-order valence-corrected chi connectivity index (χ4v) is 0.863. The van der Waals surface area contributed by atoms with Gasteiger partial charge in [-0.25, -0.2) is 0 Å². The van der Waals surface area contributed by atoms with E-state index in [1.165, 1.54) is 0 Å². The summed E-state index contributed by atoms with van der Waals surface area (Å²) in [5.41, 5.74) is -0.811. The van der Waals surface area contributed by atoms with Crippen LogP contribution in [0, 0.1) is 11.8 Å². The van der Waals surface area contributed by atoms with Crippen LogP contribution in [0.3, 0.4) is 0 Å². The fourth-order valence-electron chi connectivity index (χ4n) is 0.863. The molecule has 0 radical (unpaired) electrons. The van der Waals surface area contributed by atoms with Gasteiger partial charge in [0, 0.05) is 0 Å². The van der Waals surface area contributed by atoms with Gasteiger partial charge in [0.2, 0.25) is 0 Å². The van der Waals surface area contributed by atoms with Crippen LogP contribution in [0.5, 0.6) is 0 Å². The van der Waals surface area contributed by atoms with Gasteiger partial charge in [-0.05, 0) is 33.6 Å². The van der Waals surface area contributed by atoms with Gasteiger partial charge in [0.25, 0.3) is 0 Å². The Labute approximate surface area is 69.1 Å². The molecule has 0 heterocycles. The summed E-state index contributed by atoms with van der Waals surface area (Å²) in [4.78, 5) is 0. The van der Waals surface area contributed by atoms with E-state index >= 15 is 0 Å². The van der Waals surface area contributed by atoms with Crippen molar-refractivity contribution >= 4 is 0 Å². The topological polar surface area (TPSA) is 20.2 Å². The molecule has 1 heteroatoms. The van der Waals surface area contributed by atoms with Crippen molar-refractivity contribution in [3.8, 4) is 11.8 Å². The van der Waals surface area contributed by atoms with Crippen LogP contribution >= 0.6 is 0 Å².